The van der Waals surface area contributed by atoms with E-state index in [1.807, 2.05) is 57.2 Å². The molecule has 0 aliphatic heterocycles. The number of hydrogen-bond acceptors (Lipinski definition) is 3. The topological polar surface area (TPSA) is 47.6 Å². The lowest BCUT2D eigenvalue weighted by Gasteiger charge is -2.19. The quantitative estimate of drug-likeness (QED) is 0.837. The molecule has 1 unspecified atom stereocenters. The van der Waals surface area contributed by atoms with Crippen molar-refractivity contribution in [1.29, 1.82) is 0 Å². The first kappa shape index (κ1) is 17.9. The van der Waals surface area contributed by atoms with Crippen molar-refractivity contribution in [2.24, 2.45) is 0 Å². The third-order valence-electron chi connectivity index (χ3n) is 4.02. The van der Waals surface area contributed by atoms with Crippen LogP contribution in [0.25, 0.3) is 0 Å². The van der Waals surface area contributed by atoms with Gasteiger partial charge in [0.25, 0.3) is 5.91 Å². The van der Waals surface area contributed by atoms with Crippen LogP contribution in [-0.2, 0) is 4.79 Å². The van der Waals surface area contributed by atoms with E-state index in [0.29, 0.717) is 0 Å². The summed E-state index contributed by atoms with van der Waals surface area (Å²) in [7, 11) is 1.66. The van der Waals surface area contributed by atoms with Crippen molar-refractivity contribution < 1.29 is 14.3 Å². The highest BCUT2D eigenvalue weighted by atomic mass is 16.5. The van der Waals surface area contributed by atoms with Crippen molar-refractivity contribution >= 4 is 5.91 Å². The molecule has 2 aromatic rings. The van der Waals surface area contributed by atoms with Crippen LogP contribution in [0.4, 0.5) is 0 Å². The van der Waals surface area contributed by atoms with Crippen LogP contribution in [0.3, 0.4) is 0 Å². The van der Waals surface area contributed by atoms with Crippen molar-refractivity contribution in [2.45, 2.75) is 33.2 Å². The van der Waals surface area contributed by atoms with Gasteiger partial charge in [-0.25, -0.2) is 0 Å². The zero-order valence-electron chi connectivity index (χ0n) is 14.8. The summed E-state index contributed by atoms with van der Waals surface area (Å²) < 4.78 is 10.9. The molecule has 0 bridgehead atoms. The number of rotatable bonds is 7. The number of para-hydroxylation sites is 1. The Morgan fingerprint density at radius 2 is 1.83 bits per heavy atom. The van der Waals surface area contributed by atoms with Gasteiger partial charge in [0.2, 0.25) is 0 Å². The van der Waals surface area contributed by atoms with E-state index in [-0.39, 0.29) is 18.6 Å². The van der Waals surface area contributed by atoms with E-state index in [1.54, 1.807) is 7.11 Å². The molecule has 0 aliphatic rings. The second-order valence-electron chi connectivity index (χ2n) is 5.81. The third-order valence-corrected chi connectivity index (χ3v) is 4.02. The zero-order valence-corrected chi connectivity index (χ0v) is 14.8. The van der Waals surface area contributed by atoms with Crippen molar-refractivity contribution in [3.05, 3.63) is 59.2 Å². The Labute approximate surface area is 143 Å². The molecule has 128 valence electrons. The number of methoxy groups -OCH3 is 1. The monoisotopic (exact) mass is 327 g/mol. The second-order valence-corrected chi connectivity index (χ2v) is 5.81. The molecule has 1 amide bonds. The van der Waals surface area contributed by atoms with Crippen molar-refractivity contribution in [1.82, 2.24) is 5.32 Å². The maximum atomic E-state index is 12.2. The average Bonchev–Trinajstić information content (AvgIpc) is 2.59. The van der Waals surface area contributed by atoms with Gasteiger partial charge in [-0.3, -0.25) is 4.79 Å². The van der Waals surface area contributed by atoms with Gasteiger partial charge in [0.15, 0.2) is 6.61 Å². The lowest BCUT2D eigenvalue weighted by Crippen LogP contribution is -2.32. The summed E-state index contributed by atoms with van der Waals surface area (Å²) in [4.78, 5) is 12.2. The standard InChI is InChI=1S/C20H25NO3/c1-5-17(16-10-11-18(23-4)15(3)12-16)21-20(22)13-24-19-9-7-6-8-14(19)2/h6-12,17H,5,13H2,1-4H3,(H,21,22). The number of carbonyl (C=O) groups is 1. The number of ether oxygens (including phenoxy) is 2. The van der Waals surface area contributed by atoms with Crippen molar-refractivity contribution in [3.8, 4) is 11.5 Å². The molecule has 2 aromatic carbocycles. The van der Waals surface area contributed by atoms with Crippen LogP contribution in [0.5, 0.6) is 11.5 Å². The lowest BCUT2D eigenvalue weighted by molar-refractivity contribution is -0.123. The Bertz CT molecular complexity index is 697. The van der Waals surface area contributed by atoms with E-state index in [9.17, 15) is 4.79 Å². The molecule has 0 radical (unpaired) electrons. The summed E-state index contributed by atoms with van der Waals surface area (Å²) in [5.41, 5.74) is 3.14. The minimum absolute atomic E-state index is 0.0104. The molecule has 4 heteroatoms. The molecular weight excluding hydrogens is 302 g/mol. The summed E-state index contributed by atoms with van der Waals surface area (Å²) in [5.74, 6) is 1.46. The van der Waals surface area contributed by atoms with E-state index >= 15 is 0 Å². The second kappa shape index (κ2) is 8.39. The van der Waals surface area contributed by atoms with Crippen molar-refractivity contribution in [2.75, 3.05) is 13.7 Å². The highest BCUT2D eigenvalue weighted by molar-refractivity contribution is 5.78. The maximum Gasteiger partial charge on any atom is 0.258 e. The molecule has 0 heterocycles. The molecule has 0 fully saturated rings. The van der Waals surface area contributed by atoms with Gasteiger partial charge in [0.05, 0.1) is 13.2 Å². The number of hydrogen-bond donors (Lipinski definition) is 1. The third kappa shape index (κ3) is 4.51. The normalized spacial score (nSPS) is 11.7. The molecule has 4 nitrogen and oxygen atoms in total. The fourth-order valence-electron chi connectivity index (χ4n) is 2.64. The summed E-state index contributed by atoms with van der Waals surface area (Å²) >= 11 is 0. The molecule has 0 saturated carbocycles. The van der Waals surface area contributed by atoms with E-state index in [2.05, 4.69) is 11.4 Å². The molecule has 0 saturated heterocycles. The van der Waals surface area contributed by atoms with Gasteiger partial charge in [0.1, 0.15) is 11.5 Å². The fraction of sp³-hybridized carbons (Fsp3) is 0.350. The van der Waals surface area contributed by atoms with Crippen LogP contribution in [0.1, 0.15) is 36.1 Å². The van der Waals surface area contributed by atoms with Gasteiger partial charge in [-0.2, -0.15) is 0 Å². The van der Waals surface area contributed by atoms with E-state index in [4.69, 9.17) is 9.47 Å². The molecule has 1 N–H and O–H groups in total. The number of carbonyl (C=O) groups excluding carboxylic acids is 1. The first-order chi connectivity index (χ1) is 11.5. The Morgan fingerprint density at radius 1 is 1.08 bits per heavy atom. The van der Waals surface area contributed by atoms with Crippen LogP contribution in [-0.4, -0.2) is 19.6 Å². The van der Waals surface area contributed by atoms with Gasteiger partial charge >= 0.3 is 0 Å². The largest absolute Gasteiger partial charge is 0.496 e. The van der Waals surface area contributed by atoms with Crippen LogP contribution in [0.15, 0.2) is 42.5 Å². The number of aryl methyl sites for hydroxylation is 2. The van der Waals surface area contributed by atoms with Crippen molar-refractivity contribution in [3.63, 3.8) is 0 Å². The fourth-order valence-corrected chi connectivity index (χ4v) is 2.64. The maximum absolute atomic E-state index is 12.2. The molecule has 0 aliphatic carbocycles. The first-order valence-electron chi connectivity index (χ1n) is 8.17. The SMILES string of the molecule is CCC(NC(=O)COc1ccccc1C)c1ccc(OC)c(C)c1. The number of amides is 1. The summed E-state index contributed by atoms with van der Waals surface area (Å²) in [6.45, 7) is 6.02. The Kier molecular flexibility index (Phi) is 6.24. The first-order valence-corrected chi connectivity index (χ1v) is 8.17. The van der Waals surface area contributed by atoms with Crippen LogP contribution in [0.2, 0.25) is 0 Å². The summed E-state index contributed by atoms with van der Waals surface area (Å²) in [5, 5.41) is 3.03. The summed E-state index contributed by atoms with van der Waals surface area (Å²) in [6, 6.07) is 13.6. The minimum Gasteiger partial charge on any atom is -0.496 e. The average molecular weight is 327 g/mol. The highest BCUT2D eigenvalue weighted by Gasteiger charge is 2.14. The van der Waals surface area contributed by atoms with Crippen LogP contribution >= 0.6 is 0 Å². The zero-order chi connectivity index (χ0) is 17.5. The van der Waals surface area contributed by atoms with Gasteiger partial charge in [-0.15, -0.1) is 0 Å². The smallest absolute Gasteiger partial charge is 0.258 e. The van der Waals surface area contributed by atoms with Crippen LogP contribution in [0, 0.1) is 13.8 Å². The van der Waals surface area contributed by atoms with E-state index in [0.717, 1.165) is 34.6 Å². The molecule has 0 aromatic heterocycles. The predicted molar refractivity (Wildman–Crippen MR) is 95.6 cm³/mol. The minimum atomic E-state index is -0.126. The Balaban J connectivity index is 1.98. The van der Waals surface area contributed by atoms with Gasteiger partial charge in [-0.05, 0) is 49.1 Å². The molecule has 24 heavy (non-hydrogen) atoms. The van der Waals surface area contributed by atoms with Crippen LogP contribution < -0.4 is 14.8 Å². The van der Waals surface area contributed by atoms with E-state index < -0.39 is 0 Å². The Morgan fingerprint density at radius 3 is 2.46 bits per heavy atom. The molecule has 1 atom stereocenters. The molecule has 0 spiro atoms. The number of nitrogens with one attached hydrogen (secondary N) is 1. The Hall–Kier alpha value is -2.49. The lowest BCUT2D eigenvalue weighted by atomic mass is 10.0. The summed E-state index contributed by atoms with van der Waals surface area (Å²) in [6.07, 6.45) is 0.807. The number of benzene rings is 2. The van der Waals surface area contributed by atoms with Gasteiger partial charge in [0, 0.05) is 0 Å². The van der Waals surface area contributed by atoms with E-state index in [1.165, 1.54) is 0 Å². The predicted octanol–water partition coefficient (Wildman–Crippen LogP) is 3.96. The highest BCUT2D eigenvalue weighted by Crippen LogP contribution is 2.24. The molecular formula is C20H25NO3. The van der Waals surface area contributed by atoms with Gasteiger partial charge < -0.3 is 14.8 Å². The molecule has 2 rings (SSSR count). The van der Waals surface area contributed by atoms with Gasteiger partial charge in [-0.1, -0.05) is 37.3 Å².